The zero-order valence-electron chi connectivity index (χ0n) is 11.3. The Balaban J connectivity index is 2.30. The van der Waals surface area contributed by atoms with E-state index >= 15 is 0 Å². The summed E-state index contributed by atoms with van der Waals surface area (Å²) in [4.78, 5) is 0. The number of benzene rings is 1. The molecule has 0 radical (unpaired) electrons. The van der Waals surface area contributed by atoms with Gasteiger partial charge in [0, 0.05) is 19.1 Å². The topological polar surface area (TPSA) is 63.4 Å². The second-order valence-corrected chi connectivity index (χ2v) is 6.98. The quantitative estimate of drug-likeness (QED) is 0.922. The first kappa shape index (κ1) is 16.3. The van der Waals surface area contributed by atoms with Gasteiger partial charge in [0.25, 0.3) is 0 Å². The number of hydrogen-bond donors (Lipinski definition) is 1. The molecule has 1 fully saturated rings. The highest BCUT2D eigenvalue weighted by atomic mass is 32.2. The summed E-state index contributed by atoms with van der Waals surface area (Å²) < 4.78 is 64.7. The van der Waals surface area contributed by atoms with E-state index in [1.165, 1.54) is 22.5 Å². The lowest BCUT2D eigenvalue weighted by atomic mass is 10.1. The zero-order chi connectivity index (χ0) is 15.7. The molecule has 2 rings (SSSR count). The van der Waals surface area contributed by atoms with Crippen molar-refractivity contribution in [3.63, 3.8) is 0 Å². The Kier molecular flexibility index (Phi) is 4.60. The van der Waals surface area contributed by atoms with Crippen LogP contribution in [0.4, 0.5) is 13.2 Å². The minimum atomic E-state index is -4.57. The SMILES string of the molecule is NCC1CCCN1S(=O)(=O)Cc1ccccc1C(F)(F)F. The summed E-state index contributed by atoms with van der Waals surface area (Å²) in [6, 6.07) is 4.44. The van der Waals surface area contributed by atoms with Gasteiger partial charge < -0.3 is 5.73 Å². The summed E-state index contributed by atoms with van der Waals surface area (Å²) in [7, 11) is -3.80. The predicted octanol–water partition coefficient (Wildman–Crippen LogP) is 1.96. The van der Waals surface area contributed by atoms with Gasteiger partial charge in [0.05, 0.1) is 11.3 Å². The monoisotopic (exact) mass is 322 g/mol. The van der Waals surface area contributed by atoms with Gasteiger partial charge in [0.2, 0.25) is 10.0 Å². The van der Waals surface area contributed by atoms with Crippen molar-refractivity contribution in [2.24, 2.45) is 5.73 Å². The van der Waals surface area contributed by atoms with Crippen LogP contribution in [0.2, 0.25) is 0 Å². The Hall–Kier alpha value is -1.12. The van der Waals surface area contributed by atoms with Crippen molar-refractivity contribution < 1.29 is 21.6 Å². The molecule has 118 valence electrons. The minimum Gasteiger partial charge on any atom is -0.329 e. The van der Waals surface area contributed by atoms with Crippen LogP contribution in [-0.2, 0) is 22.0 Å². The lowest BCUT2D eigenvalue weighted by Crippen LogP contribution is -2.40. The van der Waals surface area contributed by atoms with Crippen LogP contribution in [0, 0.1) is 0 Å². The Morgan fingerprint density at radius 1 is 1.29 bits per heavy atom. The number of sulfonamides is 1. The van der Waals surface area contributed by atoms with Gasteiger partial charge >= 0.3 is 6.18 Å². The largest absolute Gasteiger partial charge is 0.416 e. The van der Waals surface area contributed by atoms with Crippen molar-refractivity contribution in [2.45, 2.75) is 30.8 Å². The van der Waals surface area contributed by atoms with Gasteiger partial charge in [-0.25, -0.2) is 8.42 Å². The van der Waals surface area contributed by atoms with Crippen molar-refractivity contribution in [1.29, 1.82) is 0 Å². The van der Waals surface area contributed by atoms with Crippen LogP contribution in [-0.4, -0.2) is 31.9 Å². The van der Waals surface area contributed by atoms with E-state index < -0.39 is 27.5 Å². The van der Waals surface area contributed by atoms with Crippen molar-refractivity contribution in [2.75, 3.05) is 13.1 Å². The van der Waals surface area contributed by atoms with Crippen molar-refractivity contribution >= 4 is 10.0 Å². The van der Waals surface area contributed by atoms with E-state index in [4.69, 9.17) is 5.73 Å². The molecule has 0 amide bonds. The molecule has 8 heteroatoms. The van der Waals surface area contributed by atoms with E-state index in [2.05, 4.69) is 0 Å². The predicted molar refractivity (Wildman–Crippen MR) is 72.9 cm³/mol. The molecule has 0 bridgehead atoms. The molecular formula is C13H17F3N2O2S. The second-order valence-electron chi connectivity index (χ2n) is 5.05. The second kappa shape index (κ2) is 5.94. The summed E-state index contributed by atoms with van der Waals surface area (Å²) in [5.41, 5.74) is 4.39. The summed E-state index contributed by atoms with van der Waals surface area (Å²) in [5.74, 6) is -0.654. The number of nitrogens with zero attached hydrogens (tertiary/aromatic N) is 1. The number of rotatable bonds is 4. The van der Waals surface area contributed by atoms with E-state index in [0.29, 0.717) is 19.4 Å². The Labute approximate surface area is 121 Å². The number of alkyl halides is 3. The average molecular weight is 322 g/mol. The van der Waals surface area contributed by atoms with E-state index in [9.17, 15) is 21.6 Å². The summed E-state index contributed by atoms with van der Waals surface area (Å²) >= 11 is 0. The molecule has 1 aliphatic rings. The molecule has 1 atom stereocenters. The first-order chi connectivity index (χ1) is 9.75. The molecule has 21 heavy (non-hydrogen) atoms. The van der Waals surface area contributed by atoms with Gasteiger partial charge in [-0.2, -0.15) is 17.5 Å². The van der Waals surface area contributed by atoms with Crippen LogP contribution in [0.5, 0.6) is 0 Å². The molecule has 1 aromatic carbocycles. The summed E-state index contributed by atoms with van der Waals surface area (Å²) in [6.07, 6.45) is -3.23. The molecule has 0 spiro atoms. The third-order valence-electron chi connectivity index (χ3n) is 3.61. The minimum absolute atomic E-state index is 0.181. The third-order valence-corrected chi connectivity index (χ3v) is 5.48. The van der Waals surface area contributed by atoms with Gasteiger partial charge in [-0.05, 0) is 24.5 Å². The molecule has 1 aromatic rings. The molecule has 2 N–H and O–H groups in total. The lowest BCUT2D eigenvalue weighted by Gasteiger charge is -2.23. The highest BCUT2D eigenvalue weighted by molar-refractivity contribution is 7.88. The molecule has 1 saturated heterocycles. The van der Waals surface area contributed by atoms with Gasteiger partial charge in [0.1, 0.15) is 0 Å². The highest BCUT2D eigenvalue weighted by Crippen LogP contribution is 2.33. The van der Waals surface area contributed by atoms with Crippen LogP contribution < -0.4 is 5.73 Å². The van der Waals surface area contributed by atoms with Crippen molar-refractivity contribution in [3.05, 3.63) is 35.4 Å². The van der Waals surface area contributed by atoms with Gasteiger partial charge in [-0.15, -0.1) is 0 Å². The molecular weight excluding hydrogens is 305 g/mol. The Morgan fingerprint density at radius 2 is 1.95 bits per heavy atom. The first-order valence-electron chi connectivity index (χ1n) is 6.60. The summed E-state index contributed by atoms with van der Waals surface area (Å²) in [5, 5.41) is 0. The number of halogens is 3. The molecule has 1 aliphatic heterocycles. The maximum atomic E-state index is 12.9. The normalized spacial score (nSPS) is 20.9. The van der Waals surface area contributed by atoms with E-state index in [0.717, 1.165) is 6.07 Å². The van der Waals surface area contributed by atoms with Crippen LogP contribution in [0.25, 0.3) is 0 Å². The fourth-order valence-electron chi connectivity index (χ4n) is 2.61. The number of hydrogen-bond acceptors (Lipinski definition) is 3. The average Bonchev–Trinajstić information content (AvgIpc) is 2.86. The van der Waals surface area contributed by atoms with E-state index in [1.807, 2.05) is 0 Å². The van der Waals surface area contributed by atoms with E-state index in [-0.39, 0.29) is 18.2 Å². The smallest absolute Gasteiger partial charge is 0.329 e. The van der Waals surface area contributed by atoms with Crippen molar-refractivity contribution in [1.82, 2.24) is 4.31 Å². The molecule has 0 saturated carbocycles. The Bertz CT molecular complexity index is 602. The molecule has 1 heterocycles. The molecule has 0 aromatic heterocycles. The van der Waals surface area contributed by atoms with Crippen LogP contribution >= 0.6 is 0 Å². The summed E-state index contributed by atoms with van der Waals surface area (Å²) in [6.45, 7) is 0.499. The lowest BCUT2D eigenvalue weighted by molar-refractivity contribution is -0.138. The highest BCUT2D eigenvalue weighted by Gasteiger charge is 2.37. The standard InChI is InChI=1S/C13H17F3N2O2S/c14-13(15,16)12-6-2-1-4-10(12)9-21(19,20)18-7-3-5-11(18)8-17/h1-2,4,6,11H,3,5,7-9,17H2. The third kappa shape index (κ3) is 3.56. The van der Waals surface area contributed by atoms with Gasteiger partial charge in [-0.1, -0.05) is 18.2 Å². The first-order valence-corrected chi connectivity index (χ1v) is 8.21. The maximum absolute atomic E-state index is 12.9. The fraction of sp³-hybridized carbons (Fsp3) is 0.538. The van der Waals surface area contributed by atoms with Crippen molar-refractivity contribution in [3.8, 4) is 0 Å². The van der Waals surface area contributed by atoms with Gasteiger partial charge in [-0.3, -0.25) is 0 Å². The fourth-order valence-corrected chi connectivity index (χ4v) is 4.48. The van der Waals surface area contributed by atoms with Gasteiger partial charge in [0.15, 0.2) is 0 Å². The van der Waals surface area contributed by atoms with Crippen LogP contribution in [0.15, 0.2) is 24.3 Å². The van der Waals surface area contributed by atoms with Crippen LogP contribution in [0.1, 0.15) is 24.0 Å². The van der Waals surface area contributed by atoms with E-state index in [1.54, 1.807) is 0 Å². The molecule has 1 unspecified atom stereocenters. The van der Waals surface area contributed by atoms with Crippen LogP contribution in [0.3, 0.4) is 0 Å². The Morgan fingerprint density at radius 3 is 2.57 bits per heavy atom. The zero-order valence-corrected chi connectivity index (χ0v) is 12.1. The molecule has 4 nitrogen and oxygen atoms in total. The number of nitrogens with two attached hydrogens (primary N) is 1. The molecule has 0 aliphatic carbocycles. The maximum Gasteiger partial charge on any atom is 0.416 e.